The Hall–Kier alpha value is -1.70. The van der Waals surface area contributed by atoms with Crippen molar-refractivity contribution in [3.05, 3.63) is 41.5 Å². The zero-order valence-electron chi connectivity index (χ0n) is 9.86. The molecule has 84 valence electrons. The van der Waals surface area contributed by atoms with E-state index in [4.69, 9.17) is 0 Å². The van der Waals surface area contributed by atoms with Crippen molar-refractivity contribution >= 4 is 17.6 Å². The fourth-order valence-electron chi connectivity index (χ4n) is 1.82. The van der Waals surface area contributed by atoms with Gasteiger partial charge in [0.05, 0.1) is 5.92 Å². The second-order valence-electron chi connectivity index (χ2n) is 3.95. The highest BCUT2D eigenvalue weighted by Gasteiger charge is 2.20. The van der Waals surface area contributed by atoms with E-state index in [-0.39, 0.29) is 11.6 Å². The molecule has 0 fully saturated rings. The molecule has 0 heterocycles. The lowest BCUT2D eigenvalue weighted by Crippen LogP contribution is -2.20. The first kappa shape index (κ1) is 12.4. The average molecular weight is 216 g/mol. The maximum Gasteiger partial charge on any atom is 0.144 e. The number of hydrogen-bond acceptors (Lipinski definition) is 2. The van der Waals surface area contributed by atoms with Crippen molar-refractivity contribution in [1.29, 1.82) is 0 Å². The maximum atomic E-state index is 11.4. The van der Waals surface area contributed by atoms with Gasteiger partial charge in [-0.3, -0.25) is 9.59 Å². The van der Waals surface area contributed by atoms with Crippen LogP contribution < -0.4 is 0 Å². The molecule has 0 unspecified atom stereocenters. The molecule has 0 aliphatic carbocycles. The van der Waals surface area contributed by atoms with Gasteiger partial charge in [0.15, 0.2) is 0 Å². The van der Waals surface area contributed by atoms with Crippen LogP contribution in [0.3, 0.4) is 0 Å². The largest absolute Gasteiger partial charge is 0.299 e. The van der Waals surface area contributed by atoms with Crippen LogP contribution in [0.4, 0.5) is 0 Å². The summed E-state index contributed by atoms with van der Waals surface area (Å²) < 4.78 is 0. The van der Waals surface area contributed by atoms with Gasteiger partial charge in [-0.25, -0.2) is 0 Å². The highest BCUT2D eigenvalue weighted by molar-refractivity contribution is 6.03. The van der Waals surface area contributed by atoms with E-state index in [9.17, 15) is 9.59 Å². The number of carbonyl (C=O) groups is 2. The standard InChI is InChI=1S/C14H16O2/c1-10(14(11(2)15)12(3)16)9-13-7-5-4-6-8-13/h4-9,14H,1-3H3/b10-9+. The van der Waals surface area contributed by atoms with Crippen LogP contribution in [0.15, 0.2) is 35.9 Å². The SMILES string of the molecule is CC(=O)C(C(C)=O)/C(C)=C/c1ccccc1. The highest BCUT2D eigenvalue weighted by Crippen LogP contribution is 2.16. The van der Waals surface area contributed by atoms with E-state index in [1.165, 1.54) is 13.8 Å². The summed E-state index contributed by atoms with van der Waals surface area (Å²) in [5.41, 5.74) is 1.80. The molecule has 0 radical (unpaired) electrons. The van der Waals surface area contributed by atoms with Crippen molar-refractivity contribution in [3.63, 3.8) is 0 Å². The van der Waals surface area contributed by atoms with Gasteiger partial charge in [0.2, 0.25) is 0 Å². The third-order valence-electron chi connectivity index (χ3n) is 2.46. The van der Waals surface area contributed by atoms with Crippen LogP contribution in [0, 0.1) is 5.92 Å². The van der Waals surface area contributed by atoms with Crippen LogP contribution in [0.5, 0.6) is 0 Å². The predicted octanol–water partition coefficient (Wildman–Crippen LogP) is 2.88. The average Bonchev–Trinajstić information content (AvgIpc) is 2.17. The van der Waals surface area contributed by atoms with Crippen LogP contribution in [-0.4, -0.2) is 11.6 Å². The molecule has 2 heteroatoms. The minimum atomic E-state index is -0.597. The Morgan fingerprint density at radius 1 is 1.00 bits per heavy atom. The van der Waals surface area contributed by atoms with Crippen LogP contribution in [-0.2, 0) is 9.59 Å². The fourth-order valence-corrected chi connectivity index (χ4v) is 1.82. The van der Waals surface area contributed by atoms with Gasteiger partial charge >= 0.3 is 0 Å². The lowest BCUT2D eigenvalue weighted by molar-refractivity contribution is -0.128. The van der Waals surface area contributed by atoms with Crippen molar-refractivity contribution in [2.75, 3.05) is 0 Å². The quantitative estimate of drug-likeness (QED) is 0.725. The molecule has 16 heavy (non-hydrogen) atoms. The van der Waals surface area contributed by atoms with Crippen molar-refractivity contribution in [2.24, 2.45) is 5.92 Å². The predicted molar refractivity (Wildman–Crippen MR) is 64.9 cm³/mol. The summed E-state index contributed by atoms with van der Waals surface area (Å²) in [6, 6.07) is 9.67. The summed E-state index contributed by atoms with van der Waals surface area (Å²) in [6.07, 6.45) is 1.88. The van der Waals surface area contributed by atoms with Crippen LogP contribution in [0.1, 0.15) is 26.3 Å². The molecular formula is C14H16O2. The molecule has 0 saturated carbocycles. The third-order valence-corrected chi connectivity index (χ3v) is 2.46. The summed E-state index contributed by atoms with van der Waals surface area (Å²) in [4.78, 5) is 22.7. The number of rotatable bonds is 4. The molecule has 0 saturated heterocycles. The molecular weight excluding hydrogens is 200 g/mol. The summed E-state index contributed by atoms with van der Waals surface area (Å²) >= 11 is 0. The molecule has 1 aromatic rings. The number of Topliss-reactive ketones (excluding diaryl/α,β-unsaturated/α-hetero) is 2. The number of carbonyl (C=O) groups excluding carboxylic acids is 2. The molecule has 0 bridgehead atoms. The second-order valence-corrected chi connectivity index (χ2v) is 3.95. The van der Waals surface area contributed by atoms with E-state index < -0.39 is 5.92 Å². The van der Waals surface area contributed by atoms with Gasteiger partial charge in [-0.05, 0) is 26.3 Å². The highest BCUT2D eigenvalue weighted by atomic mass is 16.1. The Kier molecular flexibility index (Phi) is 4.18. The van der Waals surface area contributed by atoms with Crippen LogP contribution >= 0.6 is 0 Å². The number of benzene rings is 1. The van der Waals surface area contributed by atoms with Crippen LogP contribution in [0.25, 0.3) is 6.08 Å². The topological polar surface area (TPSA) is 34.1 Å². The summed E-state index contributed by atoms with van der Waals surface area (Å²) in [5, 5.41) is 0. The first-order chi connectivity index (χ1) is 7.52. The minimum Gasteiger partial charge on any atom is -0.299 e. The van der Waals surface area contributed by atoms with Gasteiger partial charge in [-0.2, -0.15) is 0 Å². The lowest BCUT2D eigenvalue weighted by Gasteiger charge is -2.10. The molecule has 1 rings (SSSR count). The molecule has 0 amide bonds. The summed E-state index contributed by atoms with van der Waals surface area (Å²) in [5.74, 6) is -0.797. The molecule has 0 aromatic heterocycles. The maximum absolute atomic E-state index is 11.4. The van der Waals surface area contributed by atoms with E-state index in [0.717, 1.165) is 11.1 Å². The normalized spacial score (nSPS) is 11.6. The Morgan fingerprint density at radius 3 is 1.94 bits per heavy atom. The zero-order valence-corrected chi connectivity index (χ0v) is 9.86. The molecule has 2 nitrogen and oxygen atoms in total. The van der Waals surface area contributed by atoms with Crippen LogP contribution in [0.2, 0.25) is 0 Å². The van der Waals surface area contributed by atoms with Gasteiger partial charge in [0.1, 0.15) is 11.6 Å². The number of ketones is 2. The Labute approximate surface area is 96.0 Å². The first-order valence-electron chi connectivity index (χ1n) is 5.26. The molecule has 0 spiro atoms. The zero-order chi connectivity index (χ0) is 12.1. The van der Waals surface area contributed by atoms with E-state index in [2.05, 4.69) is 0 Å². The summed E-state index contributed by atoms with van der Waals surface area (Å²) in [6.45, 7) is 4.73. The number of hydrogen-bond donors (Lipinski definition) is 0. The minimum absolute atomic E-state index is 0.0998. The van der Waals surface area contributed by atoms with E-state index >= 15 is 0 Å². The molecule has 0 aliphatic rings. The van der Waals surface area contributed by atoms with Gasteiger partial charge in [-0.1, -0.05) is 42.0 Å². The molecule has 0 aliphatic heterocycles. The van der Waals surface area contributed by atoms with Crippen molar-refractivity contribution < 1.29 is 9.59 Å². The Balaban J connectivity index is 3.00. The Bertz CT molecular complexity index is 402. The first-order valence-corrected chi connectivity index (χ1v) is 5.26. The third kappa shape index (κ3) is 3.16. The van der Waals surface area contributed by atoms with Gasteiger partial charge < -0.3 is 0 Å². The van der Waals surface area contributed by atoms with Crippen molar-refractivity contribution in [2.45, 2.75) is 20.8 Å². The molecule has 0 N–H and O–H groups in total. The summed E-state index contributed by atoms with van der Waals surface area (Å²) in [7, 11) is 0. The van der Waals surface area contributed by atoms with Gasteiger partial charge in [0.25, 0.3) is 0 Å². The van der Waals surface area contributed by atoms with E-state index in [1.807, 2.05) is 43.3 Å². The molecule has 0 atom stereocenters. The molecule has 1 aromatic carbocycles. The second kappa shape index (κ2) is 5.40. The van der Waals surface area contributed by atoms with Gasteiger partial charge in [-0.15, -0.1) is 0 Å². The van der Waals surface area contributed by atoms with Crippen molar-refractivity contribution in [1.82, 2.24) is 0 Å². The van der Waals surface area contributed by atoms with Gasteiger partial charge in [0, 0.05) is 0 Å². The smallest absolute Gasteiger partial charge is 0.144 e. The monoisotopic (exact) mass is 216 g/mol. The fraction of sp³-hybridized carbons (Fsp3) is 0.286. The Morgan fingerprint density at radius 2 is 1.50 bits per heavy atom. The van der Waals surface area contributed by atoms with E-state index in [1.54, 1.807) is 0 Å². The van der Waals surface area contributed by atoms with Crippen molar-refractivity contribution in [3.8, 4) is 0 Å². The van der Waals surface area contributed by atoms with E-state index in [0.29, 0.717) is 0 Å². The lowest BCUT2D eigenvalue weighted by atomic mass is 9.91. The number of allylic oxidation sites excluding steroid dienone is 1.